The summed E-state index contributed by atoms with van der Waals surface area (Å²) in [6.07, 6.45) is 75.8. The SMILES string of the molecule is CC/C=C\C/C=C\C/C=C\C/C=C\C/C=C\C/C=C\C/C=C\CCCCCCOCC(COP(=O)(O)OCC[N+](C)(C)C)OC(=O)CCCCCCCCCCCCC/C=C\C/C=C\CCCCCCC. The number of nitrogens with zero attached hydrogens (tertiary/aromatic N) is 1. The topological polar surface area (TPSA) is 91.3 Å². The molecule has 0 radical (unpaired) electrons. The molecule has 0 aromatic rings. The van der Waals surface area contributed by atoms with E-state index >= 15 is 0 Å². The van der Waals surface area contributed by atoms with Gasteiger partial charge in [-0.05, 0) is 103 Å². The summed E-state index contributed by atoms with van der Waals surface area (Å²) in [4.78, 5) is 23.1. The summed E-state index contributed by atoms with van der Waals surface area (Å²) in [5.74, 6) is -0.328. The third-order valence-corrected chi connectivity index (χ3v) is 12.8. The van der Waals surface area contributed by atoms with E-state index in [4.69, 9.17) is 18.5 Å². The molecular formula is C62H109NO7P+. The second-order valence-electron chi connectivity index (χ2n) is 19.9. The summed E-state index contributed by atoms with van der Waals surface area (Å²) >= 11 is 0. The fraction of sp³-hybridized carbons (Fsp3) is 0.694. The van der Waals surface area contributed by atoms with Crippen molar-refractivity contribution < 1.29 is 37.3 Å². The van der Waals surface area contributed by atoms with Gasteiger partial charge in [-0.1, -0.05) is 220 Å². The summed E-state index contributed by atoms with van der Waals surface area (Å²) < 4.78 is 35.2. The maximum atomic E-state index is 12.8. The molecule has 2 atom stereocenters. The van der Waals surface area contributed by atoms with E-state index in [1.165, 1.54) is 96.3 Å². The van der Waals surface area contributed by atoms with Gasteiger partial charge in [0.2, 0.25) is 0 Å². The fourth-order valence-electron chi connectivity index (χ4n) is 7.45. The van der Waals surface area contributed by atoms with Gasteiger partial charge in [0, 0.05) is 13.0 Å². The molecule has 0 aliphatic carbocycles. The largest absolute Gasteiger partial charge is 0.472 e. The van der Waals surface area contributed by atoms with Gasteiger partial charge in [0.1, 0.15) is 19.3 Å². The lowest BCUT2D eigenvalue weighted by Crippen LogP contribution is -2.37. The molecule has 0 saturated carbocycles. The molecule has 0 amide bonds. The Morgan fingerprint density at radius 1 is 0.451 bits per heavy atom. The molecular weight excluding hydrogens is 902 g/mol. The number of esters is 1. The zero-order valence-electron chi connectivity index (χ0n) is 46.4. The van der Waals surface area contributed by atoms with Crippen LogP contribution in [0.4, 0.5) is 0 Å². The van der Waals surface area contributed by atoms with E-state index < -0.39 is 13.9 Å². The molecule has 0 heterocycles. The van der Waals surface area contributed by atoms with Crippen LogP contribution in [-0.2, 0) is 27.9 Å². The highest BCUT2D eigenvalue weighted by molar-refractivity contribution is 7.47. The zero-order chi connectivity index (χ0) is 51.9. The maximum absolute atomic E-state index is 12.8. The first-order valence-electron chi connectivity index (χ1n) is 28.6. The number of allylic oxidation sites excluding steroid dienone is 18. The summed E-state index contributed by atoms with van der Waals surface area (Å²) in [7, 11) is 1.63. The molecule has 0 rings (SSSR count). The van der Waals surface area contributed by atoms with Crippen LogP contribution in [0.5, 0.6) is 0 Å². The highest BCUT2D eigenvalue weighted by Crippen LogP contribution is 2.43. The van der Waals surface area contributed by atoms with E-state index in [0.717, 1.165) is 103 Å². The predicted molar refractivity (Wildman–Crippen MR) is 307 cm³/mol. The first kappa shape index (κ1) is 68.2. The lowest BCUT2D eigenvalue weighted by molar-refractivity contribution is -0.870. The second kappa shape index (κ2) is 53.5. The van der Waals surface area contributed by atoms with Crippen molar-refractivity contribution in [2.75, 3.05) is 54.1 Å². The predicted octanol–water partition coefficient (Wildman–Crippen LogP) is 18.3. The van der Waals surface area contributed by atoms with Crippen molar-refractivity contribution in [1.82, 2.24) is 0 Å². The monoisotopic (exact) mass is 1010 g/mol. The van der Waals surface area contributed by atoms with Crippen molar-refractivity contribution in [2.24, 2.45) is 0 Å². The molecule has 0 aliphatic heterocycles. The first-order valence-corrected chi connectivity index (χ1v) is 30.1. The highest BCUT2D eigenvalue weighted by atomic mass is 31.2. The number of unbranched alkanes of at least 4 members (excludes halogenated alkanes) is 20. The average Bonchev–Trinajstić information content (AvgIpc) is 3.33. The van der Waals surface area contributed by atoms with Crippen molar-refractivity contribution in [3.05, 3.63) is 109 Å². The number of quaternary nitrogens is 1. The third-order valence-electron chi connectivity index (χ3n) is 11.8. The number of hydrogen-bond acceptors (Lipinski definition) is 6. The Bertz CT molecular complexity index is 1500. The second-order valence-corrected chi connectivity index (χ2v) is 21.4. The van der Waals surface area contributed by atoms with Gasteiger partial charge >= 0.3 is 13.8 Å². The minimum absolute atomic E-state index is 0.0769. The number of ether oxygens (including phenoxy) is 2. The molecule has 0 spiro atoms. The molecule has 0 saturated heterocycles. The number of carbonyl (C=O) groups is 1. The average molecular weight is 1010 g/mol. The highest BCUT2D eigenvalue weighted by Gasteiger charge is 2.26. The van der Waals surface area contributed by atoms with Gasteiger partial charge in [0.15, 0.2) is 0 Å². The fourth-order valence-corrected chi connectivity index (χ4v) is 8.19. The summed E-state index contributed by atoms with van der Waals surface area (Å²) in [6, 6.07) is 0. The number of hydrogen-bond donors (Lipinski definition) is 1. The third kappa shape index (κ3) is 57.9. The lowest BCUT2D eigenvalue weighted by Gasteiger charge is -2.24. The van der Waals surface area contributed by atoms with Gasteiger partial charge in [0.25, 0.3) is 0 Å². The molecule has 0 fully saturated rings. The minimum atomic E-state index is -4.30. The van der Waals surface area contributed by atoms with Gasteiger partial charge in [-0.25, -0.2) is 4.57 Å². The van der Waals surface area contributed by atoms with Crippen molar-refractivity contribution in [3.63, 3.8) is 0 Å². The smallest absolute Gasteiger partial charge is 0.457 e. The molecule has 2 unspecified atom stereocenters. The van der Waals surface area contributed by atoms with Crippen LogP contribution in [0.15, 0.2) is 109 Å². The van der Waals surface area contributed by atoms with E-state index in [-0.39, 0.29) is 25.8 Å². The molecule has 0 aliphatic rings. The Hall–Kier alpha value is -2.84. The number of rotatable bonds is 52. The molecule has 0 aromatic heterocycles. The van der Waals surface area contributed by atoms with Gasteiger partial charge in [-0.3, -0.25) is 13.8 Å². The van der Waals surface area contributed by atoms with Crippen molar-refractivity contribution >= 4 is 13.8 Å². The Morgan fingerprint density at radius 2 is 0.817 bits per heavy atom. The van der Waals surface area contributed by atoms with Crippen LogP contribution in [0.1, 0.15) is 219 Å². The standard InChI is InChI=1S/C62H108NO7P/c1-6-8-10-12-14-16-18-20-22-24-26-28-30-31-32-34-36-38-40-42-44-46-48-50-52-54-57-67-59-61(60-69-71(65,66)68-58-56-63(3,4)5)70-62(64)55-53-51-49-47-45-43-41-39-37-35-33-29-27-25-23-21-19-17-15-13-11-9-7-2/h8,10,14,16,19-22,25-28,31-32,36,38,42,44,61H,6-7,9,11-13,15,17-18,23-24,29-30,33-35,37,39-41,43,45-60H2,1-5H3/p+1/b10-8-,16-14-,21-19-,22-20-,27-25-,28-26-,32-31-,38-36-,44-42-. The van der Waals surface area contributed by atoms with Crippen molar-refractivity contribution in [2.45, 2.75) is 225 Å². The summed E-state index contributed by atoms with van der Waals surface area (Å²) in [5.41, 5.74) is 0. The van der Waals surface area contributed by atoms with Crippen molar-refractivity contribution in [3.8, 4) is 0 Å². The van der Waals surface area contributed by atoms with Gasteiger partial charge < -0.3 is 18.9 Å². The molecule has 1 N–H and O–H groups in total. The van der Waals surface area contributed by atoms with Gasteiger partial charge in [-0.15, -0.1) is 0 Å². The molecule has 0 aromatic carbocycles. The molecule has 8 nitrogen and oxygen atoms in total. The van der Waals surface area contributed by atoms with Crippen LogP contribution in [0.3, 0.4) is 0 Å². The Balaban J connectivity index is 4.19. The van der Waals surface area contributed by atoms with Crippen LogP contribution in [-0.4, -0.2) is 75.6 Å². The number of carbonyl (C=O) groups excluding carboxylic acids is 1. The van der Waals surface area contributed by atoms with E-state index in [1.54, 1.807) is 0 Å². The first-order chi connectivity index (χ1) is 34.6. The van der Waals surface area contributed by atoms with Crippen LogP contribution in [0.2, 0.25) is 0 Å². The molecule has 0 bridgehead atoms. The Labute approximate surface area is 438 Å². The number of phosphoric ester groups is 1. The molecule has 408 valence electrons. The van der Waals surface area contributed by atoms with E-state index in [0.29, 0.717) is 24.1 Å². The van der Waals surface area contributed by atoms with Crippen molar-refractivity contribution in [1.29, 1.82) is 0 Å². The van der Waals surface area contributed by atoms with Gasteiger partial charge in [0.05, 0.1) is 34.4 Å². The molecule has 71 heavy (non-hydrogen) atoms. The van der Waals surface area contributed by atoms with Gasteiger partial charge in [-0.2, -0.15) is 0 Å². The van der Waals surface area contributed by atoms with Crippen LogP contribution < -0.4 is 0 Å². The lowest BCUT2D eigenvalue weighted by atomic mass is 10.0. The van der Waals surface area contributed by atoms with Crippen LogP contribution in [0.25, 0.3) is 0 Å². The Kier molecular flexibility index (Phi) is 51.3. The Morgan fingerprint density at radius 3 is 1.23 bits per heavy atom. The van der Waals surface area contributed by atoms with Crippen LogP contribution in [0, 0.1) is 0 Å². The molecule has 9 heteroatoms. The maximum Gasteiger partial charge on any atom is 0.472 e. The number of phosphoric acid groups is 1. The normalized spacial score (nSPS) is 14.3. The van der Waals surface area contributed by atoms with E-state index in [1.807, 2.05) is 21.1 Å². The number of likely N-dealkylation sites (N-methyl/N-ethyl adjacent to an activating group) is 1. The minimum Gasteiger partial charge on any atom is -0.457 e. The quantitative estimate of drug-likeness (QED) is 0.0213. The summed E-state index contributed by atoms with van der Waals surface area (Å²) in [5, 5.41) is 0. The van der Waals surface area contributed by atoms with Crippen LogP contribution >= 0.6 is 7.82 Å². The van der Waals surface area contributed by atoms with E-state index in [2.05, 4.69) is 123 Å². The van der Waals surface area contributed by atoms with E-state index in [9.17, 15) is 14.3 Å². The zero-order valence-corrected chi connectivity index (χ0v) is 47.3. The summed E-state index contributed by atoms with van der Waals surface area (Å²) in [6.45, 7) is 5.43.